The second-order valence-electron chi connectivity index (χ2n) is 4.68. The van der Waals surface area contributed by atoms with Crippen molar-refractivity contribution in [1.82, 2.24) is 14.8 Å². The van der Waals surface area contributed by atoms with Crippen molar-refractivity contribution >= 4 is 17.3 Å². The van der Waals surface area contributed by atoms with Crippen LogP contribution in [0.15, 0.2) is 43.0 Å². The van der Waals surface area contributed by atoms with Crippen LogP contribution in [0.5, 0.6) is 11.5 Å². The summed E-state index contributed by atoms with van der Waals surface area (Å²) < 4.78 is 21.0. The summed E-state index contributed by atoms with van der Waals surface area (Å²) in [6.07, 6.45) is 6.74. The summed E-state index contributed by atoms with van der Waals surface area (Å²) in [4.78, 5) is 4.08. The highest BCUT2D eigenvalue weighted by molar-refractivity contribution is 6.32. The van der Waals surface area contributed by atoms with E-state index in [1.165, 1.54) is 6.07 Å². The number of hydrogen-bond acceptors (Lipinski definition) is 4. The number of hydrogen-bond donors (Lipinski definition) is 1. The standard InChI is InChI=1S/C15H12ClFN4O/c1-21-8-9(6-20-21)10-7-19-3-2-14(10)22-15-5-12(17)13(18)4-11(15)16/h2-8H,18H2,1H3. The molecule has 0 aliphatic carbocycles. The molecule has 3 rings (SSSR count). The van der Waals surface area contributed by atoms with Crippen LogP contribution in [-0.2, 0) is 7.05 Å². The number of rotatable bonds is 3. The van der Waals surface area contributed by atoms with Crippen LogP contribution < -0.4 is 10.5 Å². The molecule has 2 heterocycles. The van der Waals surface area contributed by atoms with Gasteiger partial charge in [-0.15, -0.1) is 0 Å². The monoisotopic (exact) mass is 318 g/mol. The van der Waals surface area contributed by atoms with E-state index in [1.54, 1.807) is 29.3 Å². The Balaban J connectivity index is 2.02. The van der Waals surface area contributed by atoms with Crippen molar-refractivity contribution in [3.63, 3.8) is 0 Å². The lowest BCUT2D eigenvalue weighted by molar-refractivity contribution is 0.478. The maximum absolute atomic E-state index is 13.6. The fraction of sp³-hybridized carbons (Fsp3) is 0.0667. The zero-order valence-corrected chi connectivity index (χ0v) is 12.4. The van der Waals surface area contributed by atoms with Crippen molar-refractivity contribution in [2.75, 3.05) is 5.73 Å². The minimum Gasteiger partial charge on any atom is -0.455 e. The smallest absolute Gasteiger partial charge is 0.149 e. The van der Waals surface area contributed by atoms with E-state index in [1.807, 2.05) is 13.2 Å². The van der Waals surface area contributed by atoms with E-state index in [4.69, 9.17) is 22.1 Å². The Labute approximate surface area is 131 Å². The lowest BCUT2D eigenvalue weighted by Gasteiger charge is -2.11. The summed E-state index contributed by atoms with van der Waals surface area (Å²) >= 11 is 6.05. The van der Waals surface area contributed by atoms with E-state index in [2.05, 4.69) is 10.1 Å². The fourth-order valence-electron chi connectivity index (χ4n) is 1.99. The number of anilines is 1. The van der Waals surface area contributed by atoms with Gasteiger partial charge in [0.2, 0.25) is 0 Å². The number of ether oxygens (including phenoxy) is 1. The lowest BCUT2D eigenvalue weighted by atomic mass is 10.1. The van der Waals surface area contributed by atoms with Gasteiger partial charge in [0.15, 0.2) is 0 Å². The molecular weight excluding hydrogens is 307 g/mol. The normalized spacial score (nSPS) is 10.7. The van der Waals surface area contributed by atoms with Gasteiger partial charge in [0.25, 0.3) is 0 Å². The topological polar surface area (TPSA) is 66.0 Å². The average molecular weight is 319 g/mol. The molecule has 22 heavy (non-hydrogen) atoms. The summed E-state index contributed by atoms with van der Waals surface area (Å²) in [6, 6.07) is 4.15. The number of halogens is 2. The van der Waals surface area contributed by atoms with E-state index in [-0.39, 0.29) is 16.5 Å². The highest BCUT2D eigenvalue weighted by Gasteiger charge is 2.13. The molecule has 0 saturated carbocycles. The van der Waals surface area contributed by atoms with E-state index in [0.29, 0.717) is 5.75 Å². The van der Waals surface area contributed by atoms with Gasteiger partial charge in [-0.25, -0.2) is 4.39 Å². The molecule has 112 valence electrons. The summed E-state index contributed by atoms with van der Waals surface area (Å²) in [5.74, 6) is 0.0927. The van der Waals surface area contributed by atoms with Crippen molar-refractivity contribution < 1.29 is 9.13 Å². The van der Waals surface area contributed by atoms with E-state index in [0.717, 1.165) is 17.2 Å². The van der Waals surface area contributed by atoms with Gasteiger partial charge >= 0.3 is 0 Å². The molecule has 0 amide bonds. The Morgan fingerprint density at radius 2 is 2.09 bits per heavy atom. The Morgan fingerprint density at radius 1 is 1.27 bits per heavy atom. The molecule has 2 aromatic heterocycles. The lowest BCUT2D eigenvalue weighted by Crippen LogP contribution is -1.94. The van der Waals surface area contributed by atoms with E-state index in [9.17, 15) is 4.39 Å². The molecule has 0 bridgehead atoms. The fourth-order valence-corrected chi connectivity index (χ4v) is 2.20. The molecule has 2 N–H and O–H groups in total. The first-order chi connectivity index (χ1) is 10.5. The minimum atomic E-state index is -0.587. The van der Waals surface area contributed by atoms with Crippen molar-refractivity contribution in [1.29, 1.82) is 0 Å². The zero-order valence-electron chi connectivity index (χ0n) is 11.6. The van der Waals surface area contributed by atoms with E-state index < -0.39 is 5.82 Å². The molecule has 0 spiro atoms. The number of aromatic nitrogens is 3. The third-order valence-electron chi connectivity index (χ3n) is 3.07. The van der Waals surface area contributed by atoms with Crippen LogP contribution in [0.1, 0.15) is 0 Å². The van der Waals surface area contributed by atoms with Gasteiger partial charge < -0.3 is 10.5 Å². The second-order valence-corrected chi connectivity index (χ2v) is 5.09. The number of benzene rings is 1. The summed E-state index contributed by atoms with van der Waals surface area (Å²) in [5.41, 5.74) is 7.00. The zero-order chi connectivity index (χ0) is 15.7. The highest BCUT2D eigenvalue weighted by Crippen LogP contribution is 2.36. The first kappa shape index (κ1) is 14.3. The summed E-state index contributed by atoms with van der Waals surface area (Å²) in [7, 11) is 1.81. The van der Waals surface area contributed by atoms with Crippen molar-refractivity contribution in [3.05, 3.63) is 53.8 Å². The van der Waals surface area contributed by atoms with Crippen LogP contribution in [0.25, 0.3) is 11.1 Å². The molecule has 0 atom stereocenters. The number of pyridine rings is 1. The molecule has 7 heteroatoms. The van der Waals surface area contributed by atoms with Crippen LogP contribution in [0.3, 0.4) is 0 Å². The maximum Gasteiger partial charge on any atom is 0.149 e. The minimum absolute atomic E-state index is 0.0282. The first-order valence-electron chi connectivity index (χ1n) is 6.40. The molecule has 0 unspecified atom stereocenters. The Kier molecular flexibility index (Phi) is 3.68. The maximum atomic E-state index is 13.6. The third kappa shape index (κ3) is 2.73. The van der Waals surface area contributed by atoms with Crippen molar-refractivity contribution in [2.24, 2.45) is 7.05 Å². The Bertz CT molecular complexity index is 834. The Hall–Kier alpha value is -2.60. The molecular formula is C15H12ClFN4O. The largest absolute Gasteiger partial charge is 0.455 e. The predicted molar refractivity (Wildman–Crippen MR) is 82.3 cm³/mol. The van der Waals surface area contributed by atoms with Crippen molar-refractivity contribution in [2.45, 2.75) is 0 Å². The van der Waals surface area contributed by atoms with Gasteiger partial charge in [-0.2, -0.15) is 5.10 Å². The van der Waals surface area contributed by atoms with E-state index >= 15 is 0 Å². The van der Waals surface area contributed by atoms with Crippen LogP contribution in [0.2, 0.25) is 5.02 Å². The number of nitrogen functional groups attached to an aromatic ring is 1. The molecule has 5 nitrogen and oxygen atoms in total. The quantitative estimate of drug-likeness (QED) is 0.749. The molecule has 0 fully saturated rings. The van der Waals surface area contributed by atoms with Gasteiger partial charge in [-0.05, 0) is 12.1 Å². The first-order valence-corrected chi connectivity index (χ1v) is 6.78. The van der Waals surface area contributed by atoms with Gasteiger partial charge in [0.05, 0.1) is 16.9 Å². The van der Waals surface area contributed by atoms with Gasteiger partial charge in [0, 0.05) is 42.8 Å². The van der Waals surface area contributed by atoms with Gasteiger partial charge in [0.1, 0.15) is 17.3 Å². The van der Waals surface area contributed by atoms with Crippen LogP contribution in [0, 0.1) is 5.82 Å². The molecule has 0 radical (unpaired) electrons. The SMILES string of the molecule is Cn1cc(-c2cnccc2Oc2cc(F)c(N)cc2Cl)cn1. The van der Waals surface area contributed by atoms with Gasteiger partial charge in [-0.1, -0.05) is 11.6 Å². The summed E-state index contributed by atoms with van der Waals surface area (Å²) in [5, 5.41) is 4.34. The average Bonchev–Trinajstić information content (AvgIpc) is 2.92. The molecule has 0 aliphatic heterocycles. The summed E-state index contributed by atoms with van der Waals surface area (Å²) in [6.45, 7) is 0. The second kappa shape index (κ2) is 5.65. The number of nitrogens with zero attached hydrogens (tertiary/aromatic N) is 3. The molecule has 0 aliphatic rings. The Morgan fingerprint density at radius 3 is 2.82 bits per heavy atom. The van der Waals surface area contributed by atoms with Gasteiger partial charge in [-0.3, -0.25) is 9.67 Å². The highest BCUT2D eigenvalue weighted by atomic mass is 35.5. The van der Waals surface area contributed by atoms with Crippen LogP contribution >= 0.6 is 11.6 Å². The molecule has 0 saturated heterocycles. The molecule has 3 aromatic rings. The predicted octanol–water partition coefficient (Wildman–Crippen LogP) is 3.65. The molecule has 1 aromatic carbocycles. The van der Waals surface area contributed by atoms with Crippen LogP contribution in [0.4, 0.5) is 10.1 Å². The number of nitrogens with two attached hydrogens (primary N) is 1. The number of aryl methyl sites for hydroxylation is 1. The van der Waals surface area contributed by atoms with Crippen LogP contribution in [-0.4, -0.2) is 14.8 Å². The van der Waals surface area contributed by atoms with Crippen molar-refractivity contribution in [3.8, 4) is 22.6 Å². The third-order valence-corrected chi connectivity index (χ3v) is 3.36.